The second kappa shape index (κ2) is 10.5. The van der Waals surface area contributed by atoms with Crippen LogP contribution in [-0.2, 0) is 16.0 Å². The van der Waals surface area contributed by atoms with Gasteiger partial charge in [0.05, 0.1) is 12.1 Å². The number of carbonyl (C=O) groups excluding carboxylic acids is 2. The van der Waals surface area contributed by atoms with Crippen molar-refractivity contribution >= 4 is 17.8 Å². The lowest BCUT2D eigenvalue weighted by atomic mass is 9.97. The lowest BCUT2D eigenvalue weighted by molar-refractivity contribution is -0.135. The summed E-state index contributed by atoms with van der Waals surface area (Å²) in [6, 6.07) is 8.22. The van der Waals surface area contributed by atoms with E-state index >= 15 is 0 Å². The number of nitrogens with zero attached hydrogens (tertiary/aromatic N) is 3. The second-order valence-electron chi connectivity index (χ2n) is 8.61. The molecule has 170 valence electrons. The first-order valence-corrected chi connectivity index (χ1v) is 11.5. The molecule has 2 aliphatic rings. The molecule has 2 amide bonds. The van der Waals surface area contributed by atoms with E-state index < -0.39 is 0 Å². The van der Waals surface area contributed by atoms with Gasteiger partial charge in [0.1, 0.15) is 5.82 Å². The van der Waals surface area contributed by atoms with Crippen molar-refractivity contribution in [2.75, 3.05) is 11.9 Å². The Hall–Kier alpha value is -3.03. The van der Waals surface area contributed by atoms with Crippen LogP contribution < -0.4 is 10.6 Å². The number of benzene rings is 1. The maximum atomic E-state index is 13.3. The summed E-state index contributed by atoms with van der Waals surface area (Å²) in [6.45, 7) is 0.608. The third-order valence-electron chi connectivity index (χ3n) is 6.33. The van der Waals surface area contributed by atoms with E-state index in [9.17, 15) is 14.0 Å². The molecule has 1 aromatic heterocycles. The Morgan fingerprint density at radius 1 is 1.19 bits per heavy atom. The maximum Gasteiger partial charge on any atom is 0.223 e. The van der Waals surface area contributed by atoms with Gasteiger partial charge in [-0.3, -0.25) is 9.59 Å². The summed E-state index contributed by atoms with van der Waals surface area (Å²) < 4.78 is 13.3. The molecule has 0 aliphatic carbocycles. The smallest absolute Gasteiger partial charge is 0.223 e. The predicted octanol–water partition coefficient (Wildman–Crippen LogP) is 3.08. The van der Waals surface area contributed by atoms with Gasteiger partial charge in [0.2, 0.25) is 17.8 Å². The van der Waals surface area contributed by atoms with Crippen LogP contribution >= 0.6 is 0 Å². The van der Waals surface area contributed by atoms with Gasteiger partial charge >= 0.3 is 0 Å². The minimum Gasteiger partial charge on any atom is -0.354 e. The molecule has 4 rings (SSSR count). The first kappa shape index (κ1) is 22.2. The number of nitrogens with one attached hydrogen (secondary N) is 2. The summed E-state index contributed by atoms with van der Waals surface area (Å²) in [6.07, 6.45) is 9.05. The summed E-state index contributed by atoms with van der Waals surface area (Å²) in [4.78, 5) is 35.8. The number of likely N-dealkylation sites (tertiary alicyclic amines) is 1. The van der Waals surface area contributed by atoms with E-state index in [1.54, 1.807) is 30.6 Å². The standard InChI is InChI=1S/C24H30FN5O2/c25-18-10-8-17(9-11-18)15-19-16-20-21(5-1-2-6-22(31)29-20)30(19)23(32)7-3-12-26-24-27-13-4-14-28-24/h4,8-11,13-14,19-21H,1-3,5-7,12,15-16H2,(H,29,31)(H,26,27,28)/t19-,20+,21-/m1/s1. The van der Waals surface area contributed by atoms with Crippen LogP contribution in [0.4, 0.5) is 10.3 Å². The molecule has 2 aliphatic heterocycles. The zero-order valence-electron chi connectivity index (χ0n) is 18.2. The van der Waals surface area contributed by atoms with Gasteiger partial charge < -0.3 is 15.5 Å². The van der Waals surface area contributed by atoms with Crippen molar-refractivity contribution in [3.05, 3.63) is 54.1 Å². The summed E-state index contributed by atoms with van der Waals surface area (Å²) >= 11 is 0. The third kappa shape index (κ3) is 5.60. The van der Waals surface area contributed by atoms with Gasteiger partial charge in [0.25, 0.3) is 0 Å². The average Bonchev–Trinajstić information content (AvgIpc) is 3.10. The van der Waals surface area contributed by atoms with Crippen molar-refractivity contribution in [2.45, 2.75) is 69.5 Å². The zero-order valence-corrected chi connectivity index (χ0v) is 18.2. The molecule has 0 saturated carbocycles. The Kier molecular flexibility index (Phi) is 7.29. The number of anilines is 1. The summed E-state index contributed by atoms with van der Waals surface area (Å²) in [5.41, 5.74) is 0.998. The number of aromatic nitrogens is 2. The molecular formula is C24H30FN5O2. The molecule has 2 fully saturated rings. The van der Waals surface area contributed by atoms with Crippen molar-refractivity contribution < 1.29 is 14.0 Å². The van der Waals surface area contributed by atoms with E-state index in [1.807, 2.05) is 4.90 Å². The highest BCUT2D eigenvalue weighted by Gasteiger charge is 2.44. The minimum atomic E-state index is -0.267. The molecular weight excluding hydrogens is 409 g/mol. The lowest BCUT2D eigenvalue weighted by Crippen LogP contribution is -2.49. The molecule has 1 aromatic carbocycles. The van der Waals surface area contributed by atoms with E-state index in [0.717, 1.165) is 31.2 Å². The van der Waals surface area contributed by atoms with Gasteiger partial charge in [-0.25, -0.2) is 14.4 Å². The Morgan fingerprint density at radius 2 is 1.97 bits per heavy atom. The monoisotopic (exact) mass is 439 g/mol. The molecule has 3 heterocycles. The molecule has 7 nitrogen and oxygen atoms in total. The van der Waals surface area contributed by atoms with Crippen LogP contribution in [0.3, 0.4) is 0 Å². The summed E-state index contributed by atoms with van der Waals surface area (Å²) in [5, 5.41) is 6.30. The molecule has 0 bridgehead atoms. The molecule has 2 saturated heterocycles. The van der Waals surface area contributed by atoms with Gasteiger partial charge in [-0.05, 0) is 55.9 Å². The van der Waals surface area contributed by atoms with Crippen molar-refractivity contribution in [3.8, 4) is 0 Å². The van der Waals surface area contributed by atoms with Gasteiger partial charge in [-0.2, -0.15) is 0 Å². The van der Waals surface area contributed by atoms with Gasteiger partial charge in [0.15, 0.2) is 0 Å². The molecule has 2 N–H and O–H groups in total. The highest BCUT2D eigenvalue weighted by molar-refractivity contribution is 5.79. The number of rotatable bonds is 7. The van der Waals surface area contributed by atoms with Crippen LogP contribution in [0.25, 0.3) is 0 Å². The molecule has 0 radical (unpaired) electrons. The van der Waals surface area contributed by atoms with Crippen LogP contribution in [0.15, 0.2) is 42.7 Å². The molecule has 2 aromatic rings. The first-order chi connectivity index (χ1) is 15.6. The number of halogens is 1. The van der Waals surface area contributed by atoms with Crippen molar-refractivity contribution in [3.63, 3.8) is 0 Å². The van der Waals surface area contributed by atoms with E-state index in [2.05, 4.69) is 20.6 Å². The van der Waals surface area contributed by atoms with E-state index in [4.69, 9.17) is 0 Å². The van der Waals surface area contributed by atoms with Gasteiger partial charge in [-0.15, -0.1) is 0 Å². The maximum absolute atomic E-state index is 13.3. The van der Waals surface area contributed by atoms with Crippen LogP contribution in [0.5, 0.6) is 0 Å². The fraction of sp³-hybridized carbons (Fsp3) is 0.500. The topological polar surface area (TPSA) is 87.2 Å². The normalized spacial score (nSPS) is 23.1. The van der Waals surface area contributed by atoms with Gasteiger partial charge in [0, 0.05) is 37.8 Å². The molecule has 8 heteroatoms. The number of fused-ring (bicyclic) bond motifs is 1. The van der Waals surface area contributed by atoms with Crippen molar-refractivity contribution in [2.24, 2.45) is 0 Å². The fourth-order valence-electron chi connectivity index (χ4n) is 4.86. The number of amides is 2. The number of carbonyl (C=O) groups is 2. The number of hydrogen-bond donors (Lipinski definition) is 2. The Bertz CT molecular complexity index is 908. The molecule has 0 unspecified atom stereocenters. The highest BCUT2D eigenvalue weighted by atomic mass is 19.1. The Labute approximate surface area is 187 Å². The van der Waals surface area contributed by atoms with Gasteiger partial charge in [-0.1, -0.05) is 18.6 Å². The Morgan fingerprint density at radius 3 is 2.75 bits per heavy atom. The summed E-state index contributed by atoms with van der Waals surface area (Å²) in [7, 11) is 0. The molecule has 32 heavy (non-hydrogen) atoms. The zero-order chi connectivity index (χ0) is 22.3. The van der Waals surface area contributed by atoms with Crippen molar-refractivity contribution in [1.29, 1.82) is 0 Å². The van der Waals surface area contributed by atoms with Crippen LogP contribution in [0.2, 0.25) is 0 Å². The first-order valence-electron chi connectivity index (χ1n) is 11.5. The van der Waals surface area contributed by atoms with Crippen molar-refractivity contribution in [1.82, 2.24) is 20.2 Å². The summed E-state index contributed by atoms with van der Waals surface area (Å²) in [5.74, 6) is 0.465. The van der Waals surface area contributed by atoms with E-state index in [-0.39, 0.29) is 35.8 Å². The SMILES string of the molecule is O=C1CCCC[C@@H]2[C@H](C[C@@H](Cc3ccc(F)cc3)N2C(=O)CCCNc2ncccn2)N1. The molecule has 0 spiro atoms. The second-order valence-corrected chi connectivity index (χ2v) is 8.61. The predicted molar refractivity (Wildman–Crippen MR) is 119 cm³/mol. The van der Waals surface area contributed by atoms with Crippen LogP contribution in [0, 0.1) is 5.82 Å². The largest absolute Gasteiger partial charge is 0.354 e. The van der Waals surface area contributed by atoms with E-state index in [1.165, 1.54) is 12.1 Å². The van der Waals surface area contributed by atoms with Crippen LogP contribution in [0.1, 0.15) is 50.5 Å². The Balaban J connectivity index is 1.43. The lowest BCUT2D eigenvalue weighted by Gasteiger charge is -2.33. The highest BCUT2D eigenvalue weighted by Crippen LogP contribution is 2.32. The molecule has 3 atom stereocenters. The van der Waals surface area contributed by atoms with E-state index in [0.29, 0.717) is 38.2 Å². The quantitative estimate of drug-likeness (QED) is 0.648. The average molecular weight is 440 g/mol. The third-order valence-corrected chi connectivity index (χ3v) is 6.33. The minimum absolute atomic E-state index is 0.00761. The number of hydrogen-bond acceptors (Lipinski definition) is 5. The van der Waals surface area contributed by atoms with Crippen LogP contribution in [-0.4, -0.2) is 51.4 Å². The fourth-order valence-corrected chi connectivity index (χ4v) is 4.86.